The first-order valence-corrected chi connectivity index (χ1v) is 9.36. The van der Waals surface area contributed by atoms with Gasteiger partial charge in [0.1, 0.15) is 5.65 Å². The summed E-state index contributed by atoms with van der Waals surface area (Å²) in [7, 11) is 3.79. The molecule has 0 aliphatic carbocycles. The van der Waals surface area contributed by atoms with Crippen LogP contribution in [0.4, 0.5) is 0 Å². The number of aromatic nitrogens is 4. The Bertz CT molecular complexity index is 902. The van der Waals surface area contributed by atoms with Crippen molar-refractivity contribution in [1.29, 1.82) is 0 Å². The highest BCUT2D eigenvalue weighted by Crippen LogP contribution is 2.14. The van der Waals surface area contributed by atoms with E-state index in [1.807, 2.05) is 40.5 Å². The Morgan fingerprint density at radius 2 is 2.11 bits per heavy atom. The van der Waals surface area contributed by atoms with Crippen molar-refractivity contribution in [3.63, 3.8) is 0 Å². The minimum absolute atomic E-state index is 0.257. The van der Waals surface area contributed by atoms with E-state index < -0.39 is 0 Å². The zero-order chi connectivity index (χ0) is 19.4. The Balaban J connectivity index is 1.51. The van der Waals surface area contributed by atoms with Crippen LogP contribution in [-0.4, -0.2) is 44.8 Å². The molecule has 7 nitrogen and oxygen atoms in total. The molecule has 0 amide bonds. The van der Waals surface area contributed by atoms with Gasteiger partial charge in [0.15, 0.2) is 5.96 Å². The molecule has 0 bridgehead atoms. The molecule has 3 rings (SSSR count). The summed E-state index contributed by atoms with van der Waals surface area (Å²) in [5, 5.41) is 11.3. The zero-order valence-electron chi connectivity index (χ0n) is 16.8. The third-order valence-corrected chi connectivity index (χ3v) is 4.86. The lowest BCUT2D eigenvalue weighted by atomic mass is 10.1. The maximum absolute atomic E-state index is 4.63. The summed E-state index contributed by atoms with van der Waals surface area (Å²) in [6.07, 6.45) is 5.85. The Morgan fingerprint density at radius 3 is 2.78 bits per heavy atom. The summed E-state index contributed by atoms with van der Waals surface area (Å²) >= 11 is 0. The van der Waals surface area contributed by atoms with E-state index in [2.05, 4.69) is 52.7 Å². The van der Waals surface area contributed by atoms with Crippen molar-refractivity contribution >= 4 is 11.6 Å². The fraction of sp³-hybridized carbons (Fsp3) is 0.450. The lowest BCUT2D eigenvalue weighted by molar-refractivity contribution is 0.635. The average Bonchev–Trinajstić information content (AvgIpc) is 3.16. The maximum Gasteiger partial charge on any atom is 0.191 e. The van der Waals surface area contributed by atoms with E-state index in [1.54, 1.807) is 7.05 Å². The number of rotatable bonds is 6. The highest BCUT2D eigenvalue weighted by Gasteiger charge is 2.14. The van der Waals surface area contributed by atoms with Crippen molar-refractivity contribution in [1.82, 2.24) is 29.8 Å². The lowest BCUT2D eigenvalue weighted by Crippen LogP contribution is -2.43. The first-order chi connectivity index (χ1) is 13.0. The van der Waals surface area contributed by atoms with Crippen LogP contribution >= 0.6 is 0 Å². The molecule has 0 aliphatic heterocycles. The van der Waals surface area contributed by atoms with Gasteiger partial charge in [0.05, 0.1) is 11.4 Å². The molecule has 0 aromatic carbocycles. The van der Waals surface area contributed by atoms with Crippen LogP contribution in [0, 0.1) is 13.8 Å². The van der Waals surface area contributed by atoms with Crippen LogP contribution < -0.4 is 10.6 Å². The van der Waals surface area contributed by atoms with Gasteiger partial charge in [-0.05, 0) is 44.9 Å². The van der Waals surface area contributed by atoms with Crippen LogP contribution in [0.15, 0.2) is 35.6 Å². The van der Waals surface area contributed by atoms with Gasteiger partial charge in [-0.25, -0.2) is 4.98 Å². The SMILES string of the molecule is CN=C(NCCc1cn2ccccc2n1)NC(C)Cc1c(C)nn(C)c1C. The molecule has 0 aliphatic rings. The Labute approximate surface area is 160 Å². The first-order valence-electron chi connectivity index (χ1n) is 9.36. The van der Waals surface area contributed by atoms with Crippen LogP contribution in [0.1, 0.15) is 29.6 Å². The summed E-state index contributed by atoms with van der Waals surface area (Å²) in [5.74, 6) is 0.811. The zero-order valence-corrected chi connectivity index (χ0v) is 16.8. The fourth-order valence-electron chi connectivity index (χ4n) is 3.31. The molecule has 3 heterocycles. The number of imidazole rings is 1. The van der Waals surface area contributed by atoms with E-state index in [0.717, 1.165) is 42.4 Å². The quantitative estimate of drug-likeness (QED) is 0.517. The van der Waals surface area contributed by atoms with Gasteiger partial charge in [0.2, 0.25) is 0 Å². The van der Waals surface area contributed by atoms with Crippen molar-refractivity contribution in [2.75, 3.05) is 13.6 Å². The minimum atomic E-state index is 0.257. The fourth-order valence-corrected chi connectivity index (χ4v) is 3.31. The number of nitrogens with zero attached hydrogens (tertiary/aromatic N) is 5. The van der Waals surface area contributed by atoms with Gasteiger partial charge in [-0.1, -0.05) is 6.07 Å². The van der Waals surface area contributed by atoms with E-state index in [-0.39, 0.29) is 6.04 Å². The number of nitrogens with one attached hydrogen (secondary N) is 2. The van der Waals surface area contributed by atoms with E-state index in [9.17, 15) is 0 Å². The third-order valence-electron chi connectivity index (χ3n) is 4.86. The topological polar surface area (TPSA) is 71.5 Å². The van der Waals surface area contributed by atoms with Crippen LogP contribution in [0.2, 0.25) is 0 Å². The number of aryl methyl sites for hydroxylation is 2. The molecule has 2 N–H and O–H groups in total. The molecule has 27 heavy (non-hydrogen) atoms. The number of hydrogen-bond acceptors (Lipinski definition) is 3. The van der Waals surface area contributed by atoms with Crippen LogP contribution in [0.3, 0.4) is 0 Å². The molecule has 0 spiro atoms. The number of guanidine groups is 1. The number of aliphatic imine (C=N–C) groups is 1. The van der Waals surface area contributed by atoms with Gasteiger partial charge in [0.25, 0.3) is 0 Å². The largest absolute Gasteiger partial charge is 0.356 e. The molecule has 144 valence electrons. The second kappa shape index (κ2) is 8.24. The van der Waals surface area contributed by atoms with E-state index >= 15 is 0 Å². The molecule has 1 unspecified atom stereocenters. The van der Waals surface area contributed by atoms with Gasteiger partial charge in [-0.15, -0.1) is 0 Å². The summed E-state index contributed by atoms with van der Waals surface area (Å²) in [6, 6.07) is 6.29. The molecule has 3 aromatic heterocycles. The smallest absolute Gasteiger partial charge is 0.191 e. The van der Waals surface area contributed by atoms with Crippen LogP contribution in [0.5, 0.6) is 0 Å². The van der Waals surface area contributed by atoms with Crippen LogP contribution in [-0.2, 0) is 19.9 Å². The maximum atomic E-state index is 4.63. The van der Waals surface area contributed by atoms with Crippen molar-refractivity contribution in [2.45, 2.75) is 39.7 Å². The highest BCUT2D eigenvalue weighted by molar-refractivity contribution is 5.79. The summed E-state index contributed by atoms with van der Waals surface area (Å²) in [5.41, 5.74) is 5.66. The molecular weight excluding hydrogens is 338 g/mol. The lowest BCUT2D eigenvalue weighted by Gasteiger charge is -2.18. The molecule has 3 aromatic rings. The summed E-state index contributed by atoms with van der Waals surface area (Å²) < 4.78 is 3.99. The molecule has 0 fully saturated rings. The molecule has 0 saturated heterocycles. The molecule has 1 atom stereocenters. The molecule has 7 heteroatoms. The second-order valence-electron chi connectivity index (χ2n) is 6.97. The highest BCUT2D eigenvalue weighted by atomic mass is 15.3. The standard InChI is InChI=1S/C20H29N7/c1-14(12-18-15(2)25-26(5)16(18)3)23-20(21-4)22-10-9-17-13-27-11-7-6-8-19(27)24-17/h6-8,11,13-14H,9-10,12H2,1-5H3,(H2,21,22,23). The van der Waals surface area contributed by atoms with Crippen molar-refractivity contribution in [2.24, 2.45) is 12.0 Å². The van der Waals surface area contributed by atoms with Crippen LogP contribution in [0.25, 0.3) is 5.65 Å². The van der Waals surface area contributed by atoms with Gasteiger partial charge in [-0.3, -0.25) is 9.67 Å². The van der Waals surface area contributed by atoms with Gasteiger partial charge >= 0.3 is 0 Å². The van der Waals surface area contributed by atoms with Gasteiger partial charge < -0.3 is 15.0 Å². The predicted octanol–water partition coefficient (Wildman–Crippen LogP) is 2.02. The molecule has 0 radical (unpaired) electrons. The Kier molecular flexibility index (Phi) is 5.78. The summed E-state index contributed by atoms with van der Waals surface area (Å²) in [6.45, 7) is 7.13. The third kappa shape index (κ3) is 4.48. The molecular formula is C20H29N7. The second-order valence-corrected chi connectivity index (χ2v) is 6.97. The number of fused-ring (bicyclic) bond motifs is 1. The van der Waals surface area contributed by atoms with Gasteiger partial charge in [-0.2, -0.15) is 5.10 Å². The number of pyridine rings is 1. The van der Waals surface area contributed by atoms with Crippen molar-refractivity contribution < 1.29 is 0 Å². The van der Waals surface area contributed by atoms with E-state index in [0.29, 0.717) is 0 Å². The average molecular weight is 368 g/mol. The predicted molar refractivity (Wildman–Crippen MR) is 109 cm³/mol. The Hall–Kier alpha value is -2.83. The van der Waals surface area contributed by atoms with Crippen molar-refractivity contribution in [3.8, 4) is 0 Å². The monoisotopic (exact) mass is 367 g/mol. The first kappa shape index (κ1) is 18.9. The normalized spacial score (nSPS) is 13.1. The Morgan fingerprint density at radius 1 is 1.30 bits per heavy atom. The van der Waals surface area contributed by atoms with E-state index in [4.69, 9.17) is 0 Å². The minimum Gasteiger partial charge on any atom is -0.356 e. The van der Waals surface area contributed by atoms with E-state index in [1.165, 1.54) is 11.3 Å². The van der Waals surface area contributed by atoms with Crippen molar-refractivity contribution in [3.05, 3.63) is 53.2 Å². The molecule has 0 saturated carbocycles. The number of hydrogen-bond donors (Lipinski definition) is 2. The van der Waals surface area contributed by atoms with Gasteiger partial charge in [0, 0.05) is 51.2 Å². The summed E-state index contributed by atoms with van der Waals surface area (Å²) in [4.78, 5) is 8.97.